The highest BCUT2D eigenvalue weighted by Gasteiger charge is 2.32. The minimum atomic E-state index is -0.250. The van der Waals surface area contributed by atoms with Gasteiger partial charge in [0, 0.05) is 6.04 Å². The summed E-state index contributed by atoms with van der Waals surface area (Å²) >= 11 is 0. The van der Waals surface area contributed by atoms with Gasteiger partial charge >= 0.3 is 0 Å². The normalized spacial score (nSPS) is 33.8. The number of nitrogens with one attached hydrogen (secondary N) is 1. The van der Waals surface area contributed by atoms with Crippen molar-refractivity contribution < 1.29 is 5.11 Å². The second-order valence-electron chi connectivity index (χ2n) is 4.42. The van der Waals surface area contributed by atoms with Gasteiger partial charge in [0.2, 0.25) is 0 Å². The molecule has 2 atom stereocenters. The summed E-state index contributed by atoms with van der Waals surface area (Å²) in [5.74, 6) is 0. The molecule has 0 aliphatic heterocycles. The van der Waals surface area contributed by atoms with Gasteiger partial charge in [-0.15, -0.1) is 0 Å². The Bertz CT molecular complexity index is 195. The minimum Gasteiger partial charge on any atom is -0.393 e. The maximum Gasteiger partial charge on any atom is 0.176 e. The maximum absolute atomic E-state index is 9.49. The molecule has 1 aliphatic rings. The van der Waals surface area contributed by atoms with Gasteiger partial charge in [-0.3, -0.25) is 0 Å². The first kappa shape index (κ1) is 9.34. The van der Waals surface area contributed by atoms with E-state index in [0.717, 1.165) is 12.8 Å². The summed E-state index contributed by atoms with van der Waals surface area (Å²) < 4.78 is 0. The molecule has 12 heavy (non-hydrogen) atoms. The van der Waals surface area contributed by atoms with Gasteiger partial charge in [-0.2, -0.15) is 5.26 Å². The zero-order valence-electron chi connectivity index (χ0n) is 7.67. The van der Waals surface area contributed by atoms with Crippen molar-refractivity contribution >= 4 is 0 Å². The number of nitrogens with zero attached hydrogens (tertiary/aromatic N) is 1. The fraction of sp³-hybridized carbons (Fsp3) is 0.889. The smallest absolute Gasteiger partial charge is 0.176 e. The Morgan fingerprint density at radius 1 is 1.50 bits per heavy atom. The third kappa shape index (κ3) is 2.38. The number of hydrogen-bond donors (Lipinski definition) is 2. The summed E-state index contributed by atoms with van der Waals surface area (Å²) in [4.78, 5) is 0. The van der Waals surface area contributed by atoms with Crippen LogP contribution in [0.2, 0.25) is 0 Å². The van der Waals surface area contributed by atoms with E-state index in [9.17, 15) is 5.11 Å². The van der Waals surface area contributed by atoms with Crippen molar-refractivity contribution in [3.8, 4) is 6.19 Å². The predicted octanol–water partition coefficient (Wildman–Crippen LogP) is 0.997. The van der Waals surface area contributed by atoms with Crippen molar-refractivity contribution in [2.45, 2.75) is 45.3 Å². The van der Waals surface area contributed by atoms with E-state index in [0.29, 0.717) is 6.42 Å². The highest BCUT2D eigenvalue weighted by Crippen LogP contribution is 2.35. The zero-order chi connectivity index (χ0) is 9.19. The van der Waals surface area contributed by atoms with Crippen LogP contribution in [0.5, 0.6) is 0 Å². The van der Waals surface area contributed by atoms with E-state index < -0.39 is 0 Å². The monoisotopic (exact) mass is 168 g/mol. The number of nitriles is 1. The van der Waals surface area contributed by atoms with Gasteiger partial charge in [0.15, 0.2) is 6.19 Å². The van der Waals surface area contributed by atoms with Gasteiger partial charge in [0.25, 0.3) is 0 Å². The van der Waals surface area contributed by atoms with E-state index in [4.69, 9.17) is 5.26 Å². The Kier molecular flexibility index (Phi) is 2.58. The van der Waals surface area contributed by atoms with Crippen LogP contribution in [-0.4, -0.2) is 17.3 Å². The van der Waals surface area contributed by atoms with Crippen LogP contribution < -0.4 is 5.32 Å². The van der Waals surface area contributed by atoms with Gasteiger partial charge in [-0.05, 0) is 24.7 Å². The van der Waals surface area contributed by atoms with Crippen LogP contribution >= 0.6 is 0 Å². The molecule has 1 aliphatic carbocycles. The Morgan fingerprint density at radius 3 is 2.67 bits per heavy atom. The molecule has 0 bridgehead atoms. The van der Waals surface area contributed by atoms with E-state index in [2.05, 4.69) is 19.2 Å². The standard InChI is InChI=1S/C9H16N2O/c1-9(2)4-7(11-6-10)3-8(12)5-9/h7-8,11-12H,3-5H2,1-2H3. The Morgan fingerprint density at radius 2 is 2.17 bits per heavy atom. The van der Waals surface area contributed by atoms with Gasteiger partial charge in [0.05, 0.1) is 6.10 Å². The lowest BCUT2D eigenvalue weighted by Crippen LogP contribution is -2.40. The molecule has 0 aromatic rings. The van der Waals surface area contributed by atoms with Crippen molar-refractivity contribution in [2.75, 3.05) is 0 Å². The van der Waals surface area contributed by atoms with Crippen LogP contribution in [0.15, 0.2) is 0 Å². The molecule has 1 saturated carbocycles. The van der Waals surface area contributed by atoms with Crippen molar-refractivity contribution in [1.82, 2.24) is 5.32 Å². The van der Waals surface area contributed by atoms with Crippen LogP contribution in [0.4, 0.5) is 0 Å². The topological polar surface area (TPSA) is 56.0 Å². The summed E-state index contributed by atoms with van der Waals surface area (Å²) in [5.41, 5.74) is 0.159. The molecule has 0 heterocycles. The fourth-order valence-corrected chi connectivity index (χ4v) is 2.08. The molecule has 0 aromatic heterocycles. The largest absolute Gasteiger partial charge is 0.393 e. The second kappa shape index (κ2) is 3.32. The quantitative estimate of drug-likeness (QED) is 0.453. The van der Waals surface area contributed by atoms with E-state index in [1.165, 1.54) is 0 Å². The predicted molar refractivity (Wildman–Crippen MR) is 46.2 cm³/mol. The molecule has 1 fully saturated rings. The van der Waals surface area contributed by atoms with E-state index in [-0.39, 0.29) is 17.6 Å². The van der Waals surface area contributed by atoms with Crippen molar-refractivity contribution in [2.24, 2.45) is 5.41 Å². The van der Waals surface area contributed by atoms with E-state index in [1.54, 1.807) is 0 Å². The summed E-state index contributed by atoms with van der Waals surface area (Å²) in [6.45, 7) is 4.25. The molecule has 0 aromatic carbocycles. The summed E-state index contributed by atoms with van der Waals surface area (Å²) in [5, 5.41) is 20.6. The van der Waals surface area contributed by atoms with E-state index >= 15 is 0 Å². The Balaban J connectivity index is 2.53. The molecule has 3 nitrogen and oxygen atoms in total. The molecule has 0 saturated heterocycles. The first-order chi connectivity index (χ1) is 5.53. The zero-order valence-corrected chi connectivity index (χ0v) is 7.67. The SMILES string of the molecule is CC1(C)CC(O)CC(NC#N)C1. The maximum atomic E-state index is 9.49. The second-order valence-corrected chi connectivity index (χ2v) is 4.42. The molecule has 2 N–H and O–H groups in total. The first-order valence-electron chi connectivity index (χ1n) is 4.36. The average Bonchev–Trinajstić information content (AvgIpc) is 1.82. The number of aliphatic hydroxyl groups is 1. The Hall–Kier alpha value is -0.750. The summed E-state index contributed by atoms with van der Waals surface area (Å²) in [6, 6.07) is 0.161. The van der Waals surface area contributed by atoms with E-state index in [1.807, 2.05) is 6.19 Å². The lowest BCUT2D eigenvalue weighted by Gasteiger charge is -2.37. The number of hydrogen-bond acceptors (Lipinski definition) is 3. The number of aliphatic hydroxyl groups excluding tert-OH is 1. The van der Waals surface area contributed by atoms with Crippen molar-refractivity contribution in [1.29, 1.82) is 5.26 Å². The van der Waals surface area contributed by atoms with Crippen LogP contribution in [0.25, 0.3) is 0 Å². The van der Waals surface area contributed by atoms with Gasteiger partial charge in [0.1, 0.15) is 0 Å². The molecular formula is C9H16N2O. The van der Waals surface area contributed by atoms with Crippen LogP contribution in [0.3, 0.4) is 0 Å². The van der Waals surface area contributed by atoms with Gasteiger partial charge < -0.3 is 10.4 Å². The lowest BCUT2D eigenvalue weighted by atomic mass is 9.74. The number of rotatable bonds is 1. The molecule has 3 heteroatoms. The molecule has 2 unspecified atom stereocenters. The summed E-state index contributed by atoms with van der Waals surface area (Å²) in [7, 11) is 0. The average molecular weight is 168 g/mol. The fourth-order valence-electron chi connectivity index (χ4n) is 2.08. The lowest BCUT2D eigenvalue weighted by molar-refractivity contribution is 0.0505. The highest BCUT2D eigenvalue weighted by atomic mass is 16.3. The minimum absolute atomic E-state index is 0.159. The van der Waals surface area contributed by atoms with Crippen molar-refractivity contribution in [3.63, 3.8) is 0 Å². The molecular weight excluding hydrogens is 152 g/mol. The Labute approximate surface area is 73.4 Å². The van der Waals surface area contributed by atoms with Crippen LogP contribution in [0, 0.1) is 16.9 Å². The molecule has 68 valence electrons. The molecule has 1 rings (SSSR count). The third-order valence-corrected chi connectivity index (χ3v) is 2.41. The van der Waals surface area contributed by atoms with Crippen molar-refractivity contribution in [3.05, 3.63) is 0 Å². The molecule has 0 amide bonds. The molecule has 0 radical (unpaired) electrons. The van der Waals surface area contributed by atoms with Crippen LogP contribution in [0.1, 0.15) is 33.1 Å². The van der Waals surface area contributed by atoms with Gasteiger partial charge in [-0.25, -0.2) is 0 Å². The first-order valence-corrected chi connectivity index (χ1v) is 4.36. The molecule has 0 spiro atoms. The third-order valence-electron chi connectivity index (χ3n) is 2.41. The summed E-state index contributed by atoms with van der Waals surface area (Å²) in [6.07, 6.45) is 4.20. The highest BCUT2D eigenvalue weighted by molar-refractivity contribution is 4.90. The van der Waals surface area contributed by atoms with Gasteiger partial charge in [-0.1, -0.05) is 13.8 Å². The van der Waals surface area contributed by atoms with Crippen LogP contribution in [-0.2, 0) is 0 Å².